The molecular formula is C20H25N3O3S. The lowest BCUT2D eigenvalue weighted by Crippen LogP contribution is -2.47. The Morgan fingerprint density at radius 2 is 1.93 bits per heavy atom. The van der Waals surface area contributed by atoms with E-state index in [1.165, 1.54) is 17.4 Å². The van der Waals surface area contributed by atoms with Gasteiger partial charge >= 0.3 is 0 Å². The summed E-state index contributed by atoms with van der Waals surface area (Å²) in [6, 6.07) is 8.52. The van der Waals surface area contributed by atoms with E-state index in [9.17, 15) is 13.5 Å². The molecule has 0 bridgehead atoms. The van der Waals surface area contributed by atoms with Crippen molar-refractivity contribution in [1.82, 2.24) is 13.9 Å². The highest BCUT2D eigenvalue weighted by atomic mass is 32.2. The minimum atomic E-state index is -3.15. The highest BCUT2D eigenvalue weighted by Crippen LogP contribution is 2.55. The van der Waals surface area contributed by atoms with Gasteiger partial charge in [-0.25, -0.2) is 17.7 Å². The number of sulfonamides is 1. The van der Waals surface area contributed by atoms with Crippen molar-refractivity contribution in [2.75, 3.05) is 19.3 Å². The van der Waals surface area contributed by atoms with Crippen LogP contribution in [0.15, 0.2) is 36.8 Å². The maximum atomic E-state index is 11.8. The van der Waals surface area contributed by atoms with Gasteiger partial charge in [0.15, 0.2) is 0 Å². The Labute approximate surface area is 159 Å². The molecule has 1 saturated carbocycles. The number of benzene rings is 1. The molecule has 3 aliphatic rings. The first-order valence-corrected chi connectivity index (χ1v) is 11.5. The van der Waals surface area contributed by atoms with E-state index in [1.54, 1.807) is 4.31 Å². The molecule has 1 unspecified atom stereocenters. The van der Waals surface area contributed by atoms with E-state index < -0.39 is 16.1 Å². The molecule has 0 radical (unpaired) electrons. The summed E-state index contributed by atoms with van der Waals surface area (Å²) in [7, 11) is -3.15. The molecule has 1 N–H and O–H groups in total. The van der Waals surface area contributed by atoms with Gasteiger partial charge < -0.3 is 9.67 Å². The summed E-state index contributed by atoms with van der Waals surface area (Å²) in [5.74, 6) is 0.131. The van der Waals surface area contributed by atoms with Gasteiger partial charge in [0, 0.05) is 24.6 Å². The van der Waals surface area contributed by atoms with Crippen LogP contribution in [0, 0.1) is 11.3 Å². The fourth-order valence-corrected chi connectivity index (χ4v) is 6.51. The maximum absolute atomic E-state index is 11.8. The normalized spacial score (nSPS) is 29.8. The first-order valence-electron chi connectivity index (χ1n) is 9.65. The highest BCUT2D eigenvalue weighted by Gasteiger charge is 2.53. The monoisotopic (exact) mass is 387 g/mol. The van der Waals surface area contributed by atoms with E-state index in [-0.39, 0.29) is 17.4 Å². The van der Waals surface area contributed by atoms with Crippen molar-refractivity contribution < 1.29 is 13.5 Å². The molecule has 2 aromatic rings. The van der Waals surface area contributed by atoms with Crippen molar-refractivity contribution in [2.45, 2.75) is 37.8 Å². The van der Waals surface area contributed by atoms with Crippen molar-refractivity contribution >= 4 is 10.0 Å². The Bertz CT molecular complexity index is 976. The van der Waals surface area contributed by atoms with Gasteiger partial charge in [0.2, 0.25) is 10.0 Å². The number of aromatic nitrogens is 2. The van der Waals surface area contributed by atoms with Gasteiger partial charge in [-0.2, -0.15) is 0 Å². The van der Waals surface area contributed by atoms with Crippen LogP contribution in [-0.4, -0.2) is 52.8 Å². The van der Waals surface area contributed by atoms with Gasteiger partial charge in [-0.1, -0.05) is 24.3 Å². The third-order valence-electron chi connectivity index (χ3n) is 7.12. The Balaban J connectivity index is 1.44. The quantitative estimate of drug-likeness (QED) is 0.858. The number of rotatable bonds is 2. The number of nitrogens with zero attached hydrogens (tertiary/aromatic N) is 3. The molecule has 2 aliphatic heterocycles. The van der Waals surface area contributed by atoms with E-state index in [2.05, 4.69) is 27.8 Å². The molecule has 5 rings (SSSR count). The molecule has 27 heavy (non-hydrogen) atoms. The molecule has 1 aromatic heterocycles. The van der Waals surface area contributed by atoms with Crippen LogP contribution in [0.5, 0.6) is 0 Å². The number of aliphatic hydroxyl groups is 1. The number of fused-ring (bicyclic) bond motifs is 3. The molecule has 1 saturated heterocycles. The minimum Gasteiger partial charge on any atom is -0.392 e. The fraction of sp³-hybridized carbons (Fsp3) is 0.550. The standard InChI is InChI=1S/C20H25N3O3S/c1-27(25,26)22-10-8-20(9-11-22)7-6-16(19(20)24)18-15-5-3-2-4-14(15)17-12-21-13-23(17)18/h2-5,12-13,16,18-19,24H,6-11H2,1H3/t16-,18?,19+/m0/s1. The lowest BCUT2D eigenvalue weighted by atomic mass is 9.73. The van der Waals surface area contributed by atoms with Crippen LogP contribution >= 0.6 is 0 Å². The zero-order valence-corrected chi connectivity index (χ0v) is 16.3. The molecule has 1 aliphatic carbocycles. The van der Waals surface area contributed by atoms with Crippen molar-refractivity contribution in [3.05, 3.63) is 42.4 Å². The van der Waals surface area contributed by atoms with E-state index >= 15 is 0 Å². The van der Waals surface area contributed by atoms with Crippen molar-refractivity contribution in [1.29, 1.82) is 0 Å². The number of hydrogen-bond donors (Lipinski definition) is 1. The van der Waals surface area contributed by atoms with Crippen LogP contribution in [0.4, 0.5) is 0 Å². The van der Waals surface area contributed by atoms with Gasteiger partial charge in [-0.3, -0.25) is 0 Å². The summed E-state index contributed by atoms with van der Waals surface area (Å²) in [6.07, 6.45) is 8.02. The second kappa shape index (κ2) is 5.90. The molecule has 6 nitrogen and oxygen atoms in total. The van der Waals surface area contributed by atoms with Crippen LogP contribution < -0.4 is 0 Å². The second-order valence-electron chi connectivity index (χ2n) is 8.39. The maximum Gasteiger partial charge on any atom is 0.211 e. The van der Waals surface area contributed by atoms with Gasteiger partial charge in [0.25, 0.3) is 0 Å². The molecule has 3 atom stereocenters. The summed E-state index contributed by atoms with van der Waals surface area (Å²) >= 11 is 0. The molecule has 7 heteroatoms. The minimum absolute atomic E-state index is 0.112. The van der Waals surface area contributed by atoms with Crippen LogP contribution in [0.3, 0.4) is 0 Å². The Morgan fingerprint density at radius 3 is 2.67 bits per heavy atom. The van der Waals surface area contributed by atoms with Crippen LogP contribution in [0.1, 0.15) is 37.3 Å². The molecule has 3 heterocycles. The number of imidazole rings is 1. The first kappa shape index (κ1) is 17.4. The SMILES string of the molecule is CS(=O)(=O)N1CCC2(CC[C@@H](C3c4ccccc4-c4cncn43)[C@H]2O)CC1. The predicted molar refractivity (Wildman–Crippen MR) is 103 cm³/mol. The zero-order chi connectivity index (χ0) is 18.8. The summed E-state index contributed by atoms with van der Waals surface area (Å²) in [6.45, 7) is 1.03. The number of aliphatic hydroxyl groups excluding tert-OH is 1. The third kappa shape index (κ3) is 2.52. The largest absolute Gasteiger partial charge is 0.392 e. The molecule has 1 aromatic carbocycles. The number of piperidine rings is 1. The van der Waals surface area contributed by atoms with Gasteiger partial charge in [0.05, 0.1) is 36.6 Å². The van der Waals surface area contributed by atoms with Crippen LogP contribution in [-0.2, 0) is 10.0 Å². The molecule has 2 fully saturated rings. The van der Waals surface area contributed by atoms with E-state index in [0.29, 0.717) is 13.1 Å². The molecule has 1 spiro atoms. The summed E-state index contributed by atoms with van der Waals surface area (Å²) in [5.41, 5.74) is 3.43. The third-order valence-corrected chi connectivity index (χ3v) is 8.43. The molecule has 144 valence electrons. The summed E-state index contributed by atoms with van der Waals surface area (Å²) in [4.78, 5) is 4.34. The predicted octanol–water partition coefficient (Wildman–Crippen LogP) is 2.27. The topological polar surface area (TPSA) is 75.4 Å². The van der Waals surface area contributed by atoms with Gasteiger partial charge in [0.1, 0.15) is 0 Å². The Morgan fingerprint density at radius 1 is 1.19 bits per heavy atom. The Kier molecular flexibility index (Phi) is 3.80. The number of hydrogen-bond acceptors (Lipinski definition) is 4. The highest BCUT2D eigenvalue weighted by molar-refractivity contribution is 7.88. The van der Waals surface area contributed by atoms with E-state index in [1.807, 2.05) is 18.6 Å². The lowest BCUT2D eigenvalue weighted by Gasteiger charge is -2.42. The smallest absolute Gasteiger partial charge is 0.211 e. The van der Waals surface area contributed by atoms with E-state index in [0.717, 1.165) is 31.4 Å². The van der Waals surface area contributed by atoms with Gasteiger partial charge in [-0.05, 0) is 36.7 Å². The van der Waals surface area contributed by atoms with Gasteiger partial charge in [-0.15, -0.1) is 0 Å². The Hall–Kier alpha value is -1.70. The average molecular weight is 388 g/mol. The van der Waals surface area contributed by atoms with Crippen molar-refractivity contribution in [2.24, 2.45) is 11.3 Å². The fourth-order valence-electron chi connectivity index (χ4n) is 5.66. The van der Waals surface area contributed by atoms with Crippen LogP contribution in [0.2, 0.25) is 0 Å². The first-order chi connectivity index (χ1) is 12.9. The van der Waals surface area contributed by atoms with Crippen molar-refractivity contribution in [3.8, 4) is 11.3 Å². The van der Waals surface area contributed by atoms with Crippen LogP contribution in [0.25, 0.3) is 11.3 Å². The summed E-state index contributed by atoms with van der Waals surface area (Å²) in [5, 5.41) is 11.4. The summed E-state index contributed by atoms with van der Waals surface area (Å²) < 4.78 is 27.4. The lowest BCUT2D eigenvalue weighted by molar-refractivity contribution is -0.0145. The zero-order valence-electron chi connectivity index (χ0n) is 15.5. The molecule has 0 amide bonds. The van der Waals surface area contributed by atoms with Crippen molar-refractivity contribution in [3.63, 3.8) is 0 Å². The molecular weight excluding hydrogens is 362 g/mol. The van der Waals surface area contributed by atoms with E-state index in [4.69, 9.17) is 0 Å². The second-order valence-corrected chi connectivity index (χ2v) is 10.4. The average Bonchev–Trinajstić information content (AvgIpc) is 3.30.